The van der Waals surface area contributed by atoms with Gasteiger partial charge in [-0.15, -0.1) is 0 Å². The van der Waals surface area contributed by atoms with E-state index >= 15 is 0 Å². The first-order chi connectivity index (χ1) is 16.5. The average molecular weight is 457 g/mol. The van der Waals surface area contributed by atoms with Gasteiger partial charge < -0.3 is 15.4 Å². The number of para-hydroxylation sites is 1. The number of rotatable bonds is 4. The summed E-state index contributed by atoms with van der Waals surface area (Å²) in [4.78, 5) is 22.4. The molecular formula is C26H28N6O2. The summed E-state index contributed by atoms with van der Waals surface area (Å²) >= 11 is 0. The monoisotopic (exact) mass is 456 g/mol. The van der Waals surface area contributed by atoms with Gasteiger partial charge in [-0.05, 0) is 37.1 Å². The predicted molar refractivity (Wildman–Crippen MR) is 131 cm³/mol. The normalized spacial score (nSPS) is 20.7. The lowest BCUT2D eigenvalue weighted by molar-refractivity contribution is 0.0767. The van der Waals surface area contributed by atoms with Crippen LogP contribution in [0.3, 0.4) is 0 Å². The summed E-state index contributed by atoms with van der Waals surface area (Å²) in [5, 5.41) is 5.39. The van der Waals surface area contributed by atoms with Gasteiger partial charge in [0.25, 0.3) is 5.91 Å². The van der Waals surface area contributed by atoms with E-state index in [0.29, 0.717) is 17.0 Å². The largest absolute Gasteiger partial charge is 0.494 e. The van der Waals surface area contributed by atoms with Gasteiger partial charge in [-0.25, -0.2) is 4.98 Å². The number of carbonyl (C=O) groups excluding carboxylic acids is 1. The van der Waals surface area contributed by atoms with Gasteiger partial charge in [-0.2, -0.15) is 9.61 Å². The Bertz CT molecular complexity index is 1380. The number of nitrogen functional groups attached to an aromatic ring is 1. The SMILES string of the molecule is COc1cccc2c1nc(N)n1nc(C(=O)N3CCC4(CCN(Cc5ccccc5)C4)C3)cc21. The molecule has 1 atom stereocenters. The Morgan fingerprint density at radius 2 is 1.91 bits per heavy atom. The van der Waals surface area contributed by atoms with Gasteiger partial charge in [0.15, 0.2) is 5.69 Å². The number of ether oxygens (including phenoxy) is 1. The zero-order valence-corrected chi connectivity index (χ0v) is 19.3. The van der Waals surface area contributed by atoms with Gasteiger partial charge >= 0.3 is 0 Å². The molecule has 174 valence electrons. The molecule has 2 N–H and O–H groups in total. The first-order valence-corrected chi connectivity index (χ1v) is 11.7. The van der Waals surface area contributed by atoms with Crippen LogP contribution in [0, 0.1) is 5.41 Å². The fourth-order valence-electron chi connectivity index (χ4n) is 5.63. The zero-order valence-electron chi connectivity index (χ0n) is 19.3. The maximum absolute atomic E-state index is 13.5. The van der Waals surface area contributed by atoms with Crippen LogP contribution in [-0.2, 0) is 6.54 Å². The Balaban J connectivity index is 1.23. The van der Waals surface area contributed by atoms with Gasteiger partial charge in [0.05, 0.1) is 12.6 Å². The van der Waals surface area contributed by atoms with E-state index in [4.69, 9.17) is 10.5 Å². The average Bonchev–Trinajstić information content (AvgIpc) is 3.59. The first-order valence-electron chi connectivity index (χ1n) is 11.7. The molecule has 0 bridgehead atoms. The molecule has 0 radical (unpaired) electrons. The van der Waals surface area contributed by atoms with E-state index in [9.17, 15) is 4.79 Å². The highest BCUT2D eigenvalue weighted by molar-refractivity contribution is 6.01. The Hall–Kier alpha value is -3.65. The van der Waals surface area contributed by atoms with Crippen LogP contribution in [0.15, 0.2) is 54.6 Å². The van der Waals surface area contributed by atoms with E-state index in [-0.39, 0.29) is 17.3 Å². The minimum absolute atomic E-state index is 0.0440. The van der Waals surface area contributed by atoms with Crippen molar-refractivity contribution in [1.29, 1.82) is 0 Å². The number of fused-ring (bicyclic) bond motifs is 3. The van der Waals surface area contributed by atoms with Crippen molar-refractivity contribution in [3.8, 4) is 5.75 Å². The van der Waals surface area contributed by atoms with Crippen molar-refractivity contribution in [3.63, 3.8) is 0 Å². The van der Waals surface area contributed by atoms with Gasteiger partial charge in [-0.1, -0.05) is 42.5 Å². The lowest BCUT2D eigenvalue weighted by Crippen LogP contribution is -2.34. The maximum atomic E-state index is 13.5. The van der Waals surface area contributed by atoms with Crippen LogP contribution in [0.4, 0.5) is 5.95 Å². The van der Waals surface area contributed by atoms with Crippen LogP contribution in [0.2, 0.25) is 0 Å². The topological polar surface area (TPSA) is 89.0 Å². The molecule has 0 saturated carbocycles. The fraction of sp³-hybridized carbons (Fsp3) is 0.346. The van der Waals surface area contributed by atoms with E-state index in [1.807, 2.05) is 29.2 Å². The summed E-state index contributed by atoms with van der Waals surface area (Å²) < 4.78 is 6.99. The highest BCUT2D eigenvalue weighted by atomic mass is 16.5. The van der Waals surface area contributed by atoms with Crippen molar-refractivity contribution in [2.75, 3.05) is 39.0 Å². The van der Waals surface area contributed by atoms with Crippen molar-refractivity contribution in [1.82, 2.24) is 24.4 Å². The fourth-order valence-corrected chi connectivity index (χ4v) is 5.63. The van der Waals surface area contributed by atoms with Crippen LogP contribution in [0.25, 0.3) is 16.4 Å². The van der Waals surface area contributed by atoms with Gasteiger partial charge in [0.2, 0.25) is 5.95 Å². The highest BCUT2D eigenvalue weighted by Crippen LogP contribution is 2.40. The zero-order chi connectivity index (χ0) is 23.3. The van der Waals surface area contributed by atoms with Crippen LogP contribution in [0.1, 0.15) is 28.9 Å². The summed E-state index contributed by atoms with van der Waals surface area (Å²) in [6.45, 7) is 4.59. The van der Waals surface area contributed by atoms with E-state index in [2.05, 4.69) is 45.3 Å². The van der Waals surface area contributed by atoms with Gasteiger partial charge in [0.1, 0.15) is 11.3 Å². The second kappa shape index (κ2) is 7.99. The number of nitrogens with zero attached hydrogens (tertiary/aromatic N) is 5. The van der Waals surface area contributed by atoms with Crippen LogP contribution in [0.5, 0.6) is 5.75 Å². The summed E-state index contributed by atoms with van der Waals surface area (Å²) in [6, 6.07) is 18.1. The Labute approximate surface area is 197 Å². The van der Waals surface area contributed by atoms with Crippen molar-refractivity contribution in [3.05, 3.63) is 65.9 Å². The number of hydrogen-bond acceptors (Lipinski definition) is 6. The molecular weight excluding hydrogens is 428 g/mol. The smallest absolute Gasteiger partial charge is 0.274 e. The number of carbonyl (C=O) groups is 1. The van der Waals surface area contributed by atoms with Crippen molar-refractivity contribution in [2.45, 2.75) is 19.4 Å². The lowest BCUT2D eigenvalue weighted by atomic mass is 9.86. The van der Waals surface area contributed by atoms with Crippen LogP contribution >= 0.6 is 0 Å². The number of methoxy groups -OCH3 is 1. The molecule has 1 amide bonds. The molecule has 2 aliphatic heterocycles. The maximum Gasteiger partial charge on any atom is 0.274 e. The molecule has 6 rings (SSSR count). The van der Waals surface area contributed by atoms with Crippen molar-refractivity contribution >= 4 is 28.3 Å². The number of anilines is 1. The van der Waals surface area contributed by atoms with E-state index in [1.165, 1.54) is 5.56 Å². The third-order valence-electron chi connectivity index (χ3n) is 7.36. The number of nitrogens with two attached hydrogens (primary N) is 1. The summed E-state index contributed by atoms with van der Waals surface area (Å²) in [5.41, 5.74) is 9.52. The van der Waals surface area contributed by atoms with E-state index < -0.39 is 0 Å². The van der Waals surface area contributed by atoms with E-state index in [1.54, 1.807) is 11.6 Å². The predicted octanol–water partition coefficient (Wildman–Crippen LogP) is 3.21. The quantitative estimate of drug-likeness (QED) is 0.507. The molecule has 1 spiro atoms. The molecule has 2 saturated heterocycles. The van der Waals surface area contributed by atoms with Crippen LogP contribution in [-0.4, -0.2) is 63.6 Å². The molecule has 8 nitrogen and oxygen atoms in total. The standard InChI is InChI=1S/C26H28N6O2/c1-34-22-9-5-8-19-21-14-20(29-32(21)25(27)28-23(19)22)24(33)31-13-11-26(17-31)10-12-30(16-26)15-18-6-3-2-4-7-18/h2-9,14H,10-13,15-17H2,1H3,(H2,27,28). The molecule has 2 fully saturated rings. The number of amides is 1. The third kappa shape index (κ3) is 3.45. The molecule has 4 heterocycles. The second-order valence-corrected chi connectivity index (χ2v) is 9.58. The Kier molecular flexibility index (Phi) is 4.91. The summed E-state index contributed by atoms with van der Waals surface area (Å²) in [6.07, 6.45) is 2.15. The Morgan fingerprint density at radius 1 is 1.09 bits per heavy atom. The molecule has 34 heavy (non-hydrogen) atoms. The Morgan fingerprint density at radius 3 is 2.74 bits per heavy atom. The van der Waals surface area contributed by atoms with E-state index in [0.717, 1.165) is 56.5 Å². The number of benzene rings is 2. The summed E-state index contributed by atoms with van der Waals surface area (Å²) in [5.74, 6) is 0.831. The minimum atomic E-state index is -0.0440. The molecule has 1 unspecified atom stereocenters. The molecule has 0 aliphatic carbocycles. The number of hydrogen-bond donors (Lipinski definition) is 1. The van der Waals surface area contributed by atoms with Crippen LogP contribution < -0.4 is 10.5 Å². The second-order valence-electron chi connectivity index (χ2n) is 9.58. The van der Waals surface area contributed by atoms with Crippen molar-refractivity contribution < 1.29 is 9.53 Å². The van der Waals surface area contributed by atoms with Gasteiger partial charge in [0, 0.05) is 37.0 Å². The molecule has 2 aromatic carbocycles. The number of likely N-dealkylation sites (tertiary alicyclic amines) is 2. The molecule has 2 aliphatic rings. The van der Waals surface area contributed by atoms with Crippen molar-refractivity contribution in [2.24, 2.45) is 5.41 Å². The molecule has 2 aromatic heterocycles. The molecule has 8 heteroatoms. The number of aromatic nitrogens is 3. The third-order valence-corrected chi connectivity index (χ3v) is 7.36. The molecule has 4 aromatic rings. The highest BCUT2D eigenvalue weighted by Gasteiger charge is 2.45. The van der Waals surface area contributed by atoms with Gasteiger partial charge in [-0.3, -0.25) is 9.69 Å². The minimum Gasteiger partial charge on any atom is -0.494 e. The summed E-state index contributed by atoms with van der Waals surface area (Å²) in [7, 11) is 1.61. The lowest BCUT2D eigenvalue weighted by Gasteiger charge is -2.24. The first kappa shape index (κ1) is 20.9.